The molecule has 0 saturated heterocycles. The molecule has 0 N–H and O–H groups in total. The summed E-state index contributed by atoms with van der Waals surface area (Å²) in [7, 11) is -2.07. The lowest BCUT2D eigenvalue weighted by Crippen LogP contribution is -2.52. The summed E-state index contributed by atoms with van der Waals surface area (Å²) >= 11 is 0. The van der Waals surface area contributed by atoms with Gasteiger partial charge in [0.25, 0.3) is 0 Å². The minimum absolute atomic E-state index is 0.739. The lowest BCUT2D eigenvalue weighted by Gasteiger charge is -2.44. The summed E-state index contributed by atoms with van der Waals surface area (Å²) in [6.45, 7) is 11.0. The molecular weight excluding hydrogens is 276 g/mol. The Kier molecular flexibility index (Phi) is 6.76. The first kappa shape index (κ1) is 17.5. The van der Waals surface area contributed by atoms with Crippen LogP contribution >= 0.6 is 0 Å². The standard InChI is InChI=1S/C18H36O2Si/c1-5-12-20-21(19-6-2,18-11-10-16(4)14-18)17-9-7-8-15(3)13-17/h15-18H,5-14H2,1-4H3. The van der Waals surface area contributed by atoms with E-state index < -0.39 is 8.56 Å². The third-order valence-electron chi connectivity index (χ3n) is 5.67. The zero-order chi connectivity index (χ0) is 15.3. The first-order valence-corrected chi connectivity index (χ1v) is 11.4. The van der Waals surface area contributed by atoms with Crippen molar-refractivity contribution >= 4 is 8.56 Å². The second kappa shape index (κ2) is 8.12. The zero-order valence-electron chi connectivity index (χ0n) is 14.7. The van der Waals surface area contributed by atoms with Gasteiger partial charge >= 0.3 is 8.56 Å². The van der Waals surface area contributed by atoms with Gasteiger partial charge < -0.3 is 8.85 Å². The molecule has 0 aromatic heterocycles. The Morgan fingerprint density at radius 2 is 1.52 bits per heavy atom. The molecule has 5 atom stereocenters. The fourth-order valence-electron chi connectivity index (χ4n) is 4.71. The molecule has 2 rings (SSSR count). The van der Waals surface area contributed by atoms with Crippen molar-refractivity contribution in [3.05, 3.63) is 0 Å². The van der Waals surface area contributed by atoms with E-state index in [0.717, 1.165) is 42.6 Å². The normalized spacial score (nSPS) is 36.6. The first-order valence-electron chi connectivity index (χ1n) is 9.40. The molecule has 0 aromatic rings. The largest absolute Gasteiger partial charge is 0.394 e. The lowest BCUT2D eigenvalue weighted by atomic mass is 9.90. The molecule has 0 aromatic carbocycles. The molecule has 2 saturated carbocycles. The van der Waals surface area contributed by atoms with Gasteiger partial charge in [-0.3, -0.25) is 0 Å². The third-order valence-corrected chi connectivity index (χ3v) is 10.4. The van der Waals surface area contributed by atoms with Crippen molar-refractivity contribution in [1.82, 2.24) is 0 Å². The SMILES string of the molecule is CCCO[Si](OCC)(C1CCCC(C)C1)C1CCC(C)C1. The van der Waals surface area contributed by atoms with Gasteiger partial charge in [0, 0.05) is 24.3 Å². The average Bonchev–Trinajstić information content (AvgIpc) is 2.90. The summed E-state index contributed by atoms with van der Waals surface area (Å²) in [6, 6.07) is 0. The summed E-state index contributed by atoms with van der Waals surface area (Å²) in [6.07, 6.45) is 10.7. The van der Waals surface area contributed by atoms with Crippen molar-refractivity contribution in [2.24, 2.45) is 11.8 Å². The maximum Gasteiger partial charge on any atom is 0.344 e. The van der Waals surface area contributed by atoms with Crippen LogP contribution in [0.4, 0.5) is 0 Å². The van der Waals surface area contributed by atoms with E-state index >= 15 is 0 Å². The highest BCUT2D eigenvalue weighted by molar-refractivity contribution is 6.70. The maximum atomic E-state index is 6.66. The summed E-state index contributed by atoms with van der Waals surface area (Å²) in [5.41, 5.74) is 1.48. The minimum atomic E-state index is -2.07. The molecule has 0 heterocycles. The predicted octanol–water partition coefficient (Wildman–Crippen LogP) is 5.66. The fourth-order valence-corrected chi connectivity index (χ4v) is 10.0. The van der Waals surface area contributed by atoms with Crippen molar-refractivity contribution in [2.75, 3.05) is 13.2 Å². The fraction of sp³-hybridized carbons (Fsp3) is 1.00. The van der Waals surface area contributed by atoms with Gasteiger partial charge in [-0.25, -0.2) is 0 Å². The highest BCUT2D eigenvalue weighted by Gasteiger charge is 2.54. The van der Waals surface area contributed by atoms with Gasteiger partial charge in [-0.1, -0.05) is 40.0 Å². The van der Waals surface area contributed by atoms with Crippen LogP contribution in [0.2, 0.25) is 11.1 Å². The van der Waals surface area contributed by atoms with Crippen LogP contribution in [0.1, 0.15) is 79.1 Å². The Hall–Kier alpha value is 0.137. The number of rotatable bonds is 7. The molecule has 0 amide bonds. The Morgan fingerprint density at radius 1 is 0.857 bits per heavy atom. The van der Waals surface area contributed by atoms with Crippen molar-refractivity contribution < 1.29 is 8.85 Å². The van der Waals surface area contributed by atoms with E-state index in [4.69, 9.17) is 8.85 Å². The molecule has 0 bridgehead atoms. The van der Waals surface area contributed by atoms with Crippen LogP contribution in [-0.2, 0) is 8.85 Å². The van der Waals surface area contributed by atoms with Crippen molar-refractivity contribution in [2.45, 2.75) is 90.1 Å². The van der Waals surface area contributed by atoms with E-state index in [1.807, 2.05) is 0 Å². The van der Waals surface area contributed by atoms with Gasteiger partial charge in [0.2, 0.25) is 0 Å². The van der Waals surface area contributed by atoms with Gasteiger partial charge in [0.15, 0.2) is 0 Å². The van der Waals surface area contributed by atoms with Crippen LogP contribution in [-0.4, -0.2) is 21.8 Å². The average molecular weight is 313 g/mol. The van der Waals surface area contributed by atoms with E-state index in [0.29, 0.717) is 0 Å². The van der Waals surface area contributed by atoms with E-state index in [9.17, 15) is 0 Å². The van der Waals surface area contributed by atoms with Crippen LogP contribution in [0.15, 0.2) is 0 Å². The molecule has 5 unspecified atom stereocenters. The van der Waals surface area contributed by atoms with Crippen LogP contribution < -0.4 is 0 Å². The summed E-state index contributed by atoms with van der Waals surface area (Å²) in [4.78, 5) is 0. The Labute approximate surface area is 133 Å². The molecular formula is C18H36O2Si. The molecule has 2 aliphatic carbocycles. The molecule has 0 aliphatic heterocycles. The Bertz CT molecular complexity index is 310. The molecule has 2 aliphatic rings. The van der Waals surface area contributed by atoms with Crippen molar-refractivity contribution in [1.29, 1.82) is 0 Å². The van der Waals surface area contributed by atoms with Gasteiger partial charge in [-0.2, -0.15) is 0 Å². The number of hydrogen-bond acceptors (Lipinski definition) is 2. The molecule has 2 fully saturated rings. The van der Waals surface area contributed by atoms with Gasteiger partial charge in [-0.05, 0) is 50.9 Å². The molecule has 0 spiro atoms. The third kappa shape index (κ3) is 4.11. The monoisotopic (exact) mass is 312 g/mol. The van der Waals surface area contributed by atoms with E-state index in [1.165, 1.54) is 44.9 Å². The molecule has 2 nitrogen and oxygen atoms in total. The topological polar surface area (TPSA) is 18.5 Å². The summed E-state index contributed by atoms with van der Waals surface area (Å²) in [5, 5.41) is 0. The minimum Gasteiger partial charge on any atom is -0.394 e. The zero-order valence-corrected chi connectivity index (χ0v) is 15.7. The Morgan fingerprint density at radius 3 is 2.10 bits per heavy atom. The Balaban J connectivity index is 2.20. The summed E-state index contributed by atoms with van der Waals surface area (Å²) in [5.74, 6) is 1.73. The van der Waals surface area contributed by atoms with Gasteiger partial charge in [-0.15, -0.1) is 0 Å². The van der Waals surface area contributed by atoms with Crippen LogP contribution in [0.25, 0.3) is 0 Å². The van der Waals surface area contributed by atoms with E-state index in [2.05, 4.69) is 27.7 Å². The van der Waals surface area contributed by atoms with Crippen LogP contribution in [0, 0.1) is 11.8 Å². The van der Waals surface area contributed by atoms with Gasteiger partial charge in [0.1, 0.15) is 0 Å². The van der Waals surface area contributed by atoms with E-state index in [1.54, 1.807) is 0 Å². The van der Waals surface area contributed by atoms with Gasteiger partial charge in [0.05, 0.1) is 0 Å². The molecule has 3 heteroatoms. The maximum absolute atomic E-state index is 6.66. The van der Waals surface area contributed by atoms with Crippen molar-refractivity contribution in [3.63, 3.8) is 0 Å². The molecule has 21 heavy (non-hydrogen) atoms. The molecule has 0 radical (unpaired) electrons. The first-order chi connectivity index (χ1) is 10.1. The van der Waals surface area contributed by atoms with E-state index in [-0.39, 0.29) is 0 Å². The van der Waals surface area contributed by atoms with Crippen LogP contribution in [0.5, 0.6) is 0 Å². The predicted molar refractivity (Wildman–Crippen MR) is 91.8 cm³/mol. The van der Waals surface area contributed by atoms with Crippen LogP contribution in [0.3, 0.4) is 0 Å². The second-order valence-electron chi connectivity index (χ2n) is 7.59. The number of hydrogen-bond donors (Lipinski definition) is 0. The smallest absolute Gasteiger partial charge is 0.344 e. The highest BCUT2D eigenvalue weighted by atomic mass is 28.4. The quantitative estimate of drug-likeness (QED) is 0.564. The highest BCUT2D eigenvalue weighted by Crippen LogP contribution is 2.52. The lowest BCUT2D eigenvalue weighted by molar-refractivity contribution is 0.141. The summed E-state index contributed by atoms with van der Waals surface area (Å²) < 4.78 is 13.2. The second-order valence-corrected chi connectivity index (χ2v) is 11.2. The molecule has 124 valence electrons. The van der Waals surface area contributed by atoms with Crippen molar-refractivity contribution in [3.8, 4) is 0 Å².